The highest BCUT2D eigenvalue weighted by atomic mass is 16.5. The van der Waals surface area contributed by atoms with Crippen LogP contribution in [0.2, 0.25) is 0 Å². The van der Waals surface area contributed by atoms with Gasteiger partial charge < -0.3 is 14.9 Å². The van der Waals surface area contributed by atoms with E-state index in [0.717, 1.165) is 18.7 Å². The topological polar surface area (TPSA) is 58.3 Å². The molecule has 0 amide bonds. The first-order valence-corrected chi connectivity index (χ1v) is 4.91. The average molecular weight is 198 g/mol. The van der Waals surface area contributed by atoms with Crippen molar-refractivity contribution < 1.29 is 9.63 Å². The molecule has 0 aromatic carbocycles. The van der Waals surface area contributed by atoms with E-state index in [0.29, 0.717) is 6.54 Å². The molecular formula is C10H18N2O2. The molecule has 14 heavy (non-hydrogen) atoms. The highest BCUT2D eigenvalue weighted by Crippen LogP contribution is 2.18. The number of hydrogen-bond donors (Lipinski definition) is 2. The van der Waals surface area contributed by atoms with Gasteiger partial charge in [0.2, 0.25) is 0 Å². The number of nitrogens with zero attached hydrogens (tertiary/aromatic N) is 1. The minimum absolute atomic E-state index is 0.0416. The number of aliphatic hydroxyl groups excluding tert-OH is 1. The third-order valence-corrected chi connectivity index (χ3v) is 2.58. The first kappa shape index (κ1) is 11.2. The lowest BCUT2D eigenvalue weighted by molar-refractivity contribution is 0.134. The molecule has 4 heteroatoms. The highest BCUT2D eigenvalue weighted by Gasteiger charge is 2.20. The van der Waals surface area contributed by atoms with E-state index >= 15 is 0 Å². The Bertz CT molecular complexity index is 243. The van der Waals surface area contributed by atoms with Crippen LogP contribution in [0.25, 0.3) is 0 Å². The molecule has 80 valence electrons. The van der Waals surface area contributed by atoms with Gasteiger partial charge in [-0.15, -0.1) is 0 Å². The Hall–Kier alpha value is -0.870. The lowest BCUT2D eigenvalue weighted by Gasteiger charge is -2.25. The minimum Gasteiger partial charge on any atom is -0.396 e. The van der Waals surface area contributed by atoms with Gasteiger partial charge in [0.05, 0.1) is 12.7 Å². The first-order chi connectivity index (χ1) is 6.70. The van der Waals surface area contributed by atoms with Crippen molar-refractivity contribution in [2.24, 2.45) is 5.41 Å². The Labute approximate surface area is 84.3 Å². The molecule has 0 aliphatic heterocycles. The highest BCUT2D eigenvalue weighted by molar-refractivity contribution is 4.92. The van der Waals surface area contributed by atoms with Crippen LogP contribution in [-0.2, 0) is 6.54 Å². The van der Waals surface area contributed by atoms with Gasteiger partial charge in [0.15, 0.2) is 0 Å². The van der Waals surface area contributed by atoms with E-state index in [1.54, 1.807) is 6.20 Å². The molecule has 4 nitrogen and oxygen atoms in total. The number of rotatable bonds is 6. The largest absolute Gasteiger partial charge is 0.396 e. The van der Waals surface area contributed by atoms with Crippen molar-refractivity contribution in [2.75, 3.05) is 13.2 Å². The van der Waals surface area contributed by atoms with Crippen LogP contribution < -0.4 is 5.32 Å². The van der Waals surface area contributed by atoms with Gasteiger partial charge in [-0.2, -0.15) is 0 Å². The zero-order valence-corrected chi connectivity index (χ0v) is 8.79. The number of aliphatic hydroxyl groups is 1. The summed E-state index contributed by atoms with van der Waals surface area (Å²) in [6, 6.07) is 1.83. The van der Waals surface area contributed by atoms with Gasteiger partial charge >= 0.3 is 0 Å². The lowest BCUT2D eigenvalue weighted by Crippen LogP contribution is -2.33. The maximum absolute atomic E-state index is 9.17. The Morgan fingerprint density at radius 1 is 1.64 bits per heavy atom. The van der Waals surface area contributed by atoms with Gasteiger partial charge in [-0.3, -0.25) is 0 Å². The predicted molar refractivity (Wildman–Crippen MR) is 53.7 cm³/mol. The second-order valence-electron chi connectivity index (χ2n) is 3.90. The molecule has 1 aromatic rings. The second-order valence-corrected chi connectivity index (χ2v) is 3.90. The van der Waals surface area contributed by atoms with Crippen LogP contribution in [0.15, 0.2) is 16.8 Å². The molecule has 0 saturated heterocycles. The van der Waals surface area contributed by atoms with Crippen molar-refractivity contribution in [1.82, 2.24) is 10.5 Å². The summed E-state index contributed by atoms with van der Waals surface area (Å²) in [6.07, 6.45) is 2.58. The van der Waals surface area contributed by atoms with Crippen LogP contribution in [0.3, 0.4) is 0 Å². The van der Waals surface area contributed by atoms with E-state index in [9.17, 15) is 0 Å². The average Bonchev–Trinajstić information content (AvgIpc) is 2.70. The molecule has 1 aromatic heterocycles. The molecule has 0 saturated carbocycles. The maximum atomic E-state index is 9.17. The van der Waals surface area contributed by atoms with E-state index < -0.39 is 0 Å². The monoisotopic (exact) mass is 198 g/mol. The normalized spacial score (nSPS) is 15.4. The molecule has 0 aliphatic carbocycles. The van der Waals surface area contributed by atoms with Crippen LogP contribution in [0.4, 0.5) is 0 Å². The molecule has 1 rings (SSSR count). The van der Waals surface area contributed by atoms with Crippen LogP contribution in [0.5, 0.6) is 0 Å². The third-order valence-electron chi connectivity index (χ3n) is 2.58. The summed E-state index contributed by atoms with van der Waals surface area (Å²) in [7, 11) is 0. The lowest BCUT2D eigenvalue weighted by atomic mass is 9.89. The maximum Gasteiger partial charge on any atom is 0.150 e. The summed E-state index contributed by atoms with van der Waals surface area (Å²) >= 11 is 0. The summed E-state index contributed by atoms with van der Waals surface area (Å²) < 4.78 is 4.94. The zero-order chi connectivity index (χ0) is 10.4. The van der Waals surface area contributed by atoms with Gasteiger partial charge in [0.1, 0.15) is 5.76 Å². The summed E-state index contributed by atoms with van der Waals surface area (Å²) in [5, 5.41) is 16.0. The SMILES string of the molecule is CCC(C)(CO)CNCc1ccno1. The van der Waals surface area contributed by atoms with Crippen molar-refractivity contribution >= 4 is 0 Å². The van der Waals surface area contributed by atoms with Gasteiger partial charge in [0.25, 0.3) is 0 Å². The van der Waals surface area contributed by atoms with E-state index in [1.807, 2.05) is 6.07 Å². The smallest absolute Gasteiger partial charge is 0.150 e. The van der Waals surface area contributed by atoms with E-state index in [1.165, 1.54) is 0 Å². The van der Waals surface area contributed by atoms with Gasteiger partial charge in [-0.05, 0) is 6.42 Å². The summed E-state index contributed by atoms with van der Waals surface area (Å²) in [5.74, 6) is 0.821. The van der Waals surface area contributed by atoms with Crippen molar-refractivity contribution in [2.45, 2.75) is 26.8 Å². The summed E-state index contributed by atoms with van der Waals surface area (Å²) in [4.78, 5) is 0. The zero-order valence-electron chi connectivity index (χ0n) is 8.79. The minimum atomic E-state index is -0.0416. The molecule has 1 atom stereocenters. The standard InChI is InChI=1S/C10H18N2O2/c1-3-10(2,8-13)7-11-6-9-4-5-12-14-9/h4-5,11,13H,3,6-8H2,1-2H3. The fraction of sp³-hybridized carbons (Fsp3) is 0.700. The number of aromatic nitrogens is 1. The van der Waals surface area contributed by atoms with Crippen molar-refractivity contribution in [1.29, 1.82) is 0 Å². The van der Waals surface area contributed by atoms with Gasteiger partial charge in [-0.25, -0.2) is 0 Å². The third kappa shape index (κ3) is 3.12. The van der Waals surface area contributed by atoms with Crippen molar-refractivity contribution in [3.8, 4) is 0 Å². The second kappa shape index (κ2) is 5.12. The molecule has 1 unspecified atom stereocenters. The molecule has 0 aliphatic rings. The molecule has 0 spiro atoms. The fourth-order valence-corrected chi connectivity index (χ4v) is 1.11. The molecule has 1 heterocycles. The van der Waals surface area contributed by atoms with E-state index in [4.69, 9.17) is 9.63 Å². The predicted octanol–water partition coefficient (Wildman–Crippen LogP) is 1.17. The number of hydrogen-bond acceptors (Lipinski definition) is 4. The summed E-state index contributed by atoms with van der Waals surface area (Å²) in [5.41, 5.74) is -0.0416. The van der Waals surface area contributed by atoms with E-state index in [-0.39, 0.29) is 12.0 Å². The molecule has 0 fully saturated rings. The number of nitrogens with one attached hydrogen (secondary N) is 1. The first-order valence-electron chi connectivity index (χ1n) is 4.91. The van der Waals surface area contributed by atoms with Crippen molar-refractivity contribution in [3.05, 3.63) is 18.0 Å². The Kier molecular flexibility index (Phi) is 4.10. The van der Waals surface area contributed by atoms with E-state index in [2.05, 4.69) is 24.3 Å². The quantitative estimate of drug-likeness (QED) is 0.720. The molecular weight excluding hydrogens is 180 g/mol. The molecule has 2 N–H and O–H groups in total. The van der Waals surface area contributed by atoms with Crippen LogP contribution in [-0.4, -0.2) is 23.4 Å². The van der Waals surface area contributed by atoms with Gasteiger partial charge in [0, 0.05) is 24.6 Å². The molecule has 0 bridgehead atoms. The fourth-order valence-electron chi connectivity index (χ4n) is 1.11. The van der Waals surface area contributed by atoms with Crippen LogP contribution in [0, 0.1) is 5.41 Å². The van der Waals surface area contributed by atoms with Gasteiger partial charge in [-0.1, -0.05) is 19.0 Å². The Morgan fingerprint density at radius 3 is 2.93 bits per heavy atom. The Morgan fingerprint density at radius 2 is 2.43 bits per heavy atom. The molecule has 0 radical (unpaired) electrons. The Balaban J connectivity index is 2.27. The van der Waals surface area contributed by atoms with Crippen molar-refractivity contribution in [3.63, 3.8) is 0 Å². The summed E-state index contributed by atoms with van der Waals surface area (Å²) in [6.45, 7) is 5.77. The van der Waals surface area contributed by atoms with Crippen LogP contribution in [0.1, 0.15) is 26.0 Å². The van der Waals surface area contributed by atoms with Crippen LogP contribution >= 0.6 is 0 Å².